The number of carboxylic acids is 1. The fourth-order valence-corrected chi connectivity index (χ4v) is 0.873. The van der Waals surface area contributed by atoms with Crippen LogP contribution in [0.5, 0.6) is 0 Å². The van der Waals surface area contributed by atoms with Crippen molar-refractivity contribution in [3.8, 4) is 0 Å². The molecule has 0 bridgehead atoms. The van der Waals surface area contributed by atoms with Crippen LogP contribution in [0.25, 0.3) is 0 Å². The molecule has 0 saturated heterocycles. The van der Waals surface area contributed by atoms with Crippen LogP contribution in [0.3, 0.4) is 0 Å². The average molecular weight is 226 g/mol. The van der Waals surface area contributed by atoms with E-state index in [-0.39, 0.29) is 30.7 Å². The molecule has 0 aliphatic rings. The molecule has 1 rings (SSSR count). The van der Waals surface area contributed by atoms with Gasteiger partial charge in [-0.25, -0.2) is 0 Å². The Kier molecular flexibility index (Phi) is 3.53. The molecule has 1 aromatic heterocycles. The number of carbonyl (C=O) groups is 2. The van der Waals surface area contributed by atoms with Gasteiger partial charge in [-0.05, 0) is 0 Å². The van der Waals surface area contributed by atoms with Crippen molar-refractivity contribution in [1.29, 1.82) is 0 Å². The number of nitrogens with one attached hydrogen (secondary N) is 1. The third-order valence-corrected chi connectivity index (χ3v) is 1.49. The second-order valence-electron chi connectivity index (χ2n) is 2.82. The Labute approximate surface area is 89.9 Å². The molecule has 0 aliphatic heterocycles. The van der Waals surface area contributed by atoms with Gasteiger partial charge in [-0.1, -0.05) is 0 Å². The van der Waals surface area contributed by atoms with Crippen LogP contribution >= 0.6 is 0 Å². The maximum absolute atomic E-state index is 11.2. The van der Waals surface area contributed by atoms with Crippen molar-refractivity contribution in [2.45, 2.75) is 12.8 Å². The van der Waals surface area contributed by atoms with Crippen molar-refractivity contribution in [1.82, 2.24) is 15.0 Å². The Morgan fingerprint density at radius 2 is 1.69 bits per heavy atom. The monoisotopic (exact) mass is 226 g/mol. The molecule has 0 spiro atoms. The fourth-order valence-electron chi connectivity index (χ4n) is 0.873. The third-order valence-electron chi connectivity index (χ3n) is 1.49. The molecule has 0 aliphatic carbocycles. The first-order chi connectivity index (χ1) is 7.47. The van der Waals surface area contributed by atoms with E-state index < -0.39 is 11.9 Å². The minimum Gasteiger partial charge on any atom is -0.481 e. The third kappa shape index (κ3) is 3.74. The largest absolute Gasteiger partial charge is 0.481 e. The van der Waals surface area contributed by atoms with Crippen LogP contribution in [0.4, 0.5) is 17.8 Å². The van der Waals surface area contributed by atoms with Gasteiger partial charge in [0.2, 0.25) is 23.8 Å². The molecule has 0 unspecified atom stereocenters. The van der Waals surface area contributed by atoms with Crippen molar-refractivity contribution in [3.05, 3.63) is 0 Å². The molecule has 0 atom stereocenters. The van der Waals surface area contributed by atoms with Crippen LogP contribution in [-0.2, 0) is 9.59 Å². The summed E-state index contributed by atoms with van der Waals surface area (Å²) >= 11 is 0. The van der Waals surface area contributed by atoms with Gasteiger partial charge in [0.25, 0.3) is 0 Å². The summed E-state index contributed by atoms with van der Waals surface area (Å²) in [5.74, 6) is -1.94. The second kappa shape index (κ2) is 4.87. The maximum Gasteiger partial charge on any atom is 0.303 e. The number of hydrogen-bond donors (Lipinski definition) is 4. The molecule has 9 heteroatoms. The number of carboxylic acid groups (broad SMARTS) is 1. The molecule has 1 amide bonds. The zero-order valence-corrected chi connectivity index (χ0v) is 8.17. The van der Waals surface area contributed by atoms with E-state index in [2.05, 4.69) is 20.3 Å². The van der Waals surface area contributed by atoms with E-state index in [1.807, 2.05) is 0 Å². The van der Waals surface area contributed by atoms with Crippen LogP contribution in [-0.4, -0.2) is 31.9 Å². The maximum atomic E-state index is 11.2. The van der Waals surface area contributed by atoms with Gasteiger partial charge in [0, 0.05) is 6.42 Å². The number of nitrogens with two attached hydrogens (primary N) is 2. The SMILES string of the molecule is Nc1nc(N)nc(NC(=O)CCC(=O)O)n1. The van der Waals surface area contributed by atoms with Crippen LogP contribution in [0.2, 0.25) is 0 Å². The zero-order valence-electron chi connectivity index (χ0n) is 8.17. The average Bonchev–Trinajstić information content (AvgIpc) is 2.12. The lowest BCUT2D eigenvalue weighted by Gasteiger charge is -2.03. The Morgan fingerprint density at radius 3 is 2.19 bits per heavy atom. The van der Waals surface area contributed by atoms with Gasteiger partial charge < -0.3 is 16.6 Å². The Hall–Kier alpha value is -2.45. The summed E-state index contributed by atoms with van der Waals surface area (Å²) < 4.78 is 0. The first kappa shape index (κ1) is 11.6. The van der Waals surface area contributed by atoms with Crippen molar-refractivity contribution >= 4 is 29.7 Å². The quantitative estimate of drug-likeness (QED) is 0.500. The first-order valence-corrected chi connectivity index (χ1v) is 4.26. The van der Waals surface area contributed by atoms with Crippen LogP contribution in [0.1, 0.15) is 12.8 Å². The molecule has 86 valence electrons. The molecule has 1 aromatic rings. The van der Waals surface area contributed by atoms with Crippen LogP contribution in [0.15, 0.2) is 0 Å². The second-order valence-corrected chi connectivity index (χ2v) is 2.82. The summed E-state index contributed by atoms with van der Waals surface area (Å²) in [5, 5.41) is 10.6. The highest BCUT2D eigenvalue weighted by atomic mass is 16.4. The molecular weight excluding hydrogens is 216 g/mol. The van der Waals surface area contributed by atoms with Gasteiger partial charge in [-0.3, -0.25) is 14.9 Å². The topological polar surface area (TPSA) is 157 Å². The van der Waals surface area contributed by atoms with E-state index in [1.165, 1.54) is 0 Å². The standard InChI is InChI=1S/C7H10N6O3/c8-5-11-6(9)13-7(12-5)10-3(14)1-2-4(15)16/h1-2H2,(H,15,16)(H5,8,9,10,11,12,13,14). The van der Waals surface area contributed by atoms with E-state index in [0.29, 0.717) is 0 Å². The summed E-state index contributed by atoms with van der Waals surface area (Å²) in [6.45, 7) is 0. The molecule has 0 saturated carbocycles. The predicted molar refractivity (Wildman–Crippen MR) is 54.2 cm³/mol. The number of aromatic nitrogens is 3. The fraction of sp³-hybridized carbons (Fsp3) is 0.286. The van der Waals surface area contributed by atoms with E-state index in [1.54, 1.807) is 0 Å². The molecule has 0 fully saturated rings. The minimum atomic E-state index is -1.06. The summed E-state index contributed by atoms with van der Waals surface area (Å²) in [4.78, 5) is 32.1. The summed E-state index contributed by atoms with van der Waals surface area (Å²) in [6, 6.07) is 0. The van der Waals surface area contributed by atoms with Crippen molar-refractivity contribution < 1.29 is 14.7 Å². The van der Waals surface area contributed by atoms with E-state index in [4.69, 9.17) is 16.6 Å². The Morgan fingerprint density at radius 1 is 1.12 bits per heavy atom. The van der Waals surface area contributed by atoms with Crippen LogP contribution in [0, 0.1) is 0 Å². The molecule has 16 heavy (non-hydrogen) atoms. The van der Waals surface area contributed by atoms with Gasteiger partial charge in [0.15, 0.2) is 0 Å². The number of rotatable bonds is 4. The summed E-state index contributed by atoms with van der Waals surface area (Å²) in [7, 11) is 0. The normalized spacial score (nSPS) is 9.75. The van der Waals surface area contributed by atoms with Crippen molar-refractivity contribution in [3.63, 3.8) is 0 Å². The highest BCUT2D eigenvalue weighted by Crippen LogP contribution is 2.04. The van der Waals surface area contributed by atoms with Crippen molar-refractivity contribution in [2.24, 2.45) is 0 Å². The lowest BCUT2D eigenvalue weighted by Crippen LogP contribution is -2.16. The molecule has 1 heterocycles. The number of nitrogens with zero attached hydrogens (tertiary/aromatic N) is 3. The van der Waals surface area contributed by atoms with Gasteiger partial charge in [-0.2, -0.15) is 15.0 Å². The number of aliphatic carboxylic acids is 1. The van der Waals surface area contributed by atoms with Gasteiger partial charge in [-0.15, -0.1) is 0 Å². The molecule has 0 radical (unpaired) electrons. The number of anilines is 3. The van der Waals surface area contributed by atoms with Gasteiger partial charge in [0.05, 0.1) is 6.42 Å². The lowest BCUT2D eigenvalue weighted by atomic mass is 10.3. The summed E-state index contributed by atoms with van der Waals surface area (Å²) in [6.07, 6.45) is -0.456. The Balaban J connectivity index is 2.59. The van der Waals surface area contributed by atoms with E-state index in [0.717, 1.165) is 0 Å². The number of carbonyl (C=O) groups excluding carboxylic acids is 1. The lowest BCUT2D eigenvalue weighted by molar-refractivity contribution is -0.138. The summed E-state index contributed by atoms with van der Waals surface area (Å²) in [5.41, 5.74) is 10.5. The zero-order chi connectivity index (χ0) is 12.1. The molecule has 6 N–H and O–H groups in total. The molecular formula is C7H10N6O3. The number of nitrogen functional groups attached to an aromatic ring is 2. The van der Waals surface area contributed by atoms with Crippen molar-refractivity contribution in [2.75, 3.05) is 16.8 Å². The highest BCUT2D eigenvalue weighted by Gasteiger charge is 2.08. The van der Waals surface area contributed by atoms with Crippen LogP contribution < -0.4 is 16.8 Å². The highest BCUT2D eigenvalue weighted by molar-refractivity contribution is 5.91. The van der Waals surface area contributed by atoms with E-state index >= 15 is 0 Å². The Bertz CT molecular complexity index is 400. The smallest absolute Gasteiger partial charge is 0.303 e. The molecule has 0 aromatic carbocycles. The first-order valence-electron chi connectivity index (χ1n) is 4.26. The van der Waals surface area contributed by atoms with E-state index in [9.17, 15) is 9.59 Å². The van der Waals surface area contributed by atoms with Gasteiger partial charge >= 0.3 is 5.97 Å². The number of hydrogen-bond acceptors (Lipinski definition) is 7. The van der Waals surface area contributed by atoms with Gasteiger partial charge in [0.1, 0.15) is 0 Å². The minimum absolute atomic E-state index is 0.0969. The number of amides is 1. The predicted octanol–water partition coefficient (Wildman–Crippen LogP) is -1.16. The molecule has 9 nitrogen and oxygen atoms in total.